The van der Waals surface area contributed by atoms with Crippen LogP contribution < -0.4 is 0 Å². The summed E-state index contributed by atoms with van der Waals surface area (Å²) in [5.74, 6) is 1.20. The summed E-state index contributed by atoms with van der Waals surface area (Å²) in [6.07, 6.45) is 3.91. The molecule has 0 saturated carbocycles. The maximum absolute atomic E-state index is 6.08. The van der Waals surface area contributed by atoms with Gasteiger partial charge in [-0.1, -0.05) is 6.92 Å². The molecule has 4 heteroatoms. The van der Waals surface area contributed by atoms with Crippen LogP contribution in [0.15, 0.2) is 11.8 Å². The minimum atomic E-state index is -1.49. The molecule has 1 aliphatic heterocycles. The van der Waals surface area contributed by atoms with Gasteiger partial charge in [-0.05, 0) is 25.7 Å². The number of hydrogen-bond acceptors (Lipinski definition) is 3. The van der Waals surface area contributed by atoms with Crippen molar-refractivity contribution in [1.29, 1.82) is 0 Å². The molecule has 0 bridgehead atoms. The highest BCUT2D eigenvalue weighted by atomic mass is 28.4. The smallest absolute Gasteiger partial charge is 0.241 e. The Morgan fingerprint density at radius 1 is 1.31 bits per heavy atom. The SMILES string of the molecule is CC1CC2(CC=C1O[Si](C)(C)C)OCCO2. The lowest BCUT2D eigenvalue weighted by molar-refractivity contribution is -0.170. The molecule has 1 heterocycles. The lowest BCUT2D eigenvalue weighted by Gasteiger charge is -2.36. The molecule has 0 amide bonds. The minimum Gasteiger partial charge on any atom is -0.547 e. The Balaban J connectivity index is 2.04. The maximum atomic E-state index is 6.08. The summed E-state index contributed by atoms with van der Waals surface area (Å²) in [5.41, 5.74) is 0. The van der Waals surface area contributed by atoms with E-state index in [4.69, 9.17) is 13.9 Å². The van der Waals surface area contributed by atoms with Crippen molar-refractivity contribution in [2.24, 2.45) is 5.92 Å². The van der Waals surface area contributed by atoms with Gasteiger partial charge in [0.25, 0.3) is 0 Å². The Kier molecular flexibility index (Phi) is 3.16. The number of allylic oxidation sites excluding steroid dienone is 1. The Morgan fingerprint density at radius 3 is 2.44 bits per heavy atom. The Labute approximate surface area is 98.9 Å². The third-order valence-electron chi connectivity index (χ3n) is 2.95. The van der Waals surface area contributed by atoms with E-state index in [9.17, 15) is 0 Å². The molecule has 2 aliphatic rings. The van der Waals surface area contributed by atoms with Crippen LogP contribution >= 0.6 is 0 Å². The number of hydrogen-bond donors (Lipinski definition) is 0. The first kappa shape index (κ1) is 12.1. The van der Waals surface area contributed by atoms with Gasteiger partial charge in [0.05, 0.1) is 19.0 Å². The second-order valence-electron chi connectivity index (χ2n) is 5.74. The van der Waals surface area contributed by atoms with Crippen LogP contribution in [0.5, 0.6) is 0 Å². The molecule has 0 aromatic heterocycles. The fourth-order valence-corrected chi connectivity index (χ4v) is 3.33. The second kappa shape index (κ2) is 4.16. The van der Waals surface area contributed by atoms with Gasteiger partial charge in [0, 0.05) is 18.8 Å². The highest BCUT2D eigenvalue weighted by Gasteiger charge is 2.41. The average molecular weight is 242 g/mol. The van der Waals surface area contributed by atoms with E-state index in [-0.39, 0.29) is 5.79 Å². The van der Waals surface area contributed by atoms with E-state index >= 15 is 0 Å². The molecule has 1 aliphatic carbocycles. The normalized spacial score (nSPS) is 29.2. The van der Waals surface area contributed by atoms with Crippen LogP contribution in [0.3, 0.4) is 0 Å². The van der Waals surface area contributed by atoms with Crippen molar-refractivity contribution in [2.75, 3.05) is 13.2 Å². The molecule has 1 unspecified atom stereocenters. The van der Waals surface area contributed by atoms with E-state index in [1.807, 2.05) is 0 Å². The molecule has 0 radical (unpaired) electrons. The van der Waals surface area contributed by atoms with E-state index in [1.165, 1.54) is 0 Å². The number of ether oxygens (including phenoxy) is 2. The lowest BCUT2D eigenvalue weighted by atomic mass is 9.90. The third kappa shape index (κ3) is 2.67. The molecule has 1 spiro atoms. The first-order chi connectivity index (χ1) is 7.40. The summed E-state index contributed by atoms with van der Waals surface area (Å²) in [4.78, 5) is 0. The topological polar surface area (TPSA) is 27.7 Å². The van der Waals surface area contributed by atoms with E-state index in [2.05, 4.69) is 32.6 Å². The minimum absolute atomic E-state index is 0.342. The van der Waals surface area contributed by atoms with Crippen molar-refractivity contribution in [3.05, 3.63) is 11.8 Å². The molecular weight excluding hydrogens is 220 g/mol. The van der Waals surface area contributed by atoms with Gasteiger partial charge < -0.3 is 13.9 Å². The van der Waals surface area contributed by atoms with Crippen molar-refractivity contribution in [3.8, 4) is 0 Å². The van der Waals surface area contributed by atoms with Crippen molar-refractivity contribution in [2.45, 2.75) is 45.2 Å². The molecule has 3 nitrogen and oxygen atoms in total. The third-order valence-corrected chi connectivity index (χ3v) is 3.80. The molecule has 0 N–H and O–H groups in total. The van der Waals surface area contributed by atoms with Crippen molar-refractivity contribution >= 4 is 8.32 Å². The maximum Gasteiger partial charge on any atom is 0.241 e. The largest absolute Gasteiger partial charge is 0.547 e. The molecule has 1 atom stereocenters. The highest BCUT2D eigenvalue weighted by molar-refractivity contribution is 6.70. The monoisotopic (exact) mass is 242 g/mol. The summed E-state index contributed by atoms with van der Waals surface area (Å²) >= 11 is 0. The molecule has 2 rings (SSSR count). The molecule has 92 valence electrons. The van der Waals surface area contributed by atoms with E-state index in [0.717, 1.165) is 31.8 Å². The summed E-state index contributed by atoms with van der Waals surface area (Å²) in [6.45, 7) is 10.3. The van der Waals surface area contributed by atoms with Crippen molar-refractivity contribution in [1.82, 2.24) is 0 Å². The van der Waals surface area contributed by atoms with Crippen LogP contribution in [0, 0.1) is 5.92 Å². The zero-order chi connectivity index (χ0) is 11.8. The molecule has 16 heavy (non-hydrogen) atoms. The predicted molar refractivity (Wildman–Crippen MR) is 65.5 cm³/mol. The van der Waals surface area contributed by atoms with Crippen LogP contribution in [0.2, 0.25) is 19.6 Å². The van der Waals surface area contributed by atoms with Gasteiger partial charge in [-0.15, -0.1) is 0 Å². The van der Waals surface area contributed by atoms with Gasteiger partial charge in [0.15, 0.2) is 5.79 Å². The van der Waals surface area contributed by atoms with Gasteiger partial charge >= 0.3 is 0 Å². The summed E-state index contributed by atoms with van der Waals surface area (Å²) < 4.78 is 17.5. The quantitative estimate of drug-likeness (QED) is 0.697. The highest BCUT2D eigenvalue weighted by Crippen LogP contribution is 2.39. The summed E-state index contributed by atoms with van der Waals surface area (Å²) in [6, 6.07) is 0. The average Bonchev–Trinajstić information content (AvgIpc) is 2.57. The fourth-order valence-electron chi connectivity index (χ4n) is 2.34. The van der Waals surface area contributed by atoms with Crippen LogP contribution in [-0.2, 0) is 13.9 Å². The predicted octanol–water partition coefficient (Wildman–Crippen LogP) is 2.89. The van der Waals surface area contributed by atoms with Crippen molar-refractivity contribution < 1.29 is 13.9 Å². The van der Waals surface area contributed by atoms with Crippen LogP contribution in [0.1, 0.15) is 19.8 Å². The van der Waals surface area contributed by atoms with Crippen LogP contribution in [0.25, 0.3) is 0 Å². The molecule has 1 saturated heterocycles. The van der Waals surface area contributed by atoms with Crippen LogP contribution in [-0.4, -0.2) is 27.3 Å². The first-order valence-electron chi connectivity index (χ1n) is 6.07. The van der Waals surface area contributed by atoms with E-state index in [0.29, 0.717) is 5.92 Å². The molecule has 1 fully saturated rings. The molecule has 0 aromatic carbocycles. The fraction of sp³-hybridized carbons (Fsp3) is 0.833. The van der Waals surface area contributed by atoms with Gasteiger partial charge in [0.1, 0.15) is 0 Å². The van der Waals surface area contributed by atoms with E-state index in [1.54, 1.807) is 0 Å². The van der Waals surface area contributed by atoms with Crippen LogP contribution in [0.4, 0.5) is 0 Å². The second-order valence-corrected chi connectivity index (χ2v) is 10.2. The van der Waals surface area contributed by atoms with Gasteiger partial charge in [-0.2, -0.15) is 0 Å². The van der Waals surface area contributed by atoms with Gasteiger partial charge in [0.2, 0.25) is 8.32 Å². The zero-order valence-corrected chi connectivity index (χ0v) is 11.7. The number of rotatable bonds is 2. The van der Waals surface area contributed by atoms with Crippen molar-refractivity contribution in [3.63, 3.8) is 0 Å². The Morgan fingerprint density at radius 2 is 1.94 bits per heavy atom. The summed E-state index contributed by atoms with van der Waals surface area (Å²) in [7, 11) is -1.49. The Bertz CT molecular complexity index is 287. The molecular formula is C12H22O3Si. The van der Waals surface area contributed by atoms with E-state index < -0.39 is 8.32 Å². The lowest BCUT2D eigenvalue weighted by Crippen LogP contribution is -2.37. The van der Waals surface area contributed by atoms with Gasteiger partial charge in [-0.3, -0.25) is 0 Å². The summed E-state index contributed by atoms with van der Waals surface area (Å²) in [5, 5.41) is 0. The first-order valence-corrected chi connectivity index (χ1v) is 9.48. The zero-order valence-electron chi connectivity index (χ0n) is 10.7. The van der Waals surface area contributed by atoms with Gasteiger partial charge in [-0.25, -0.2) is 0 Å². The molecule has 0 aromatic rings. The Hall–Kier alpha value is -0.323. The standard InChI is InChI=1S/C12H22O3Si/c1-10-9-12(13-7-8-14-12)6-5-11(10)15-16(2,3)4/h5,10H,6-9H2,1-4H3.